The van der Waals surface area contributed by atoms with Crippen LogP contribution in [0.2, 0.25) is 0 Å². The minimum atomic E-state index is -0.513. The third-order valence-electron chi connectivity index (χ3n) is 4.48. The molecule has 2 aromatic carbocycles. The van der Waals surface area contributed by atoms with E-state index in [1.165, 1.54) is 5.56 Å². The van der Waals surface area contributed by atoms with Gasteiger partial charge in [-0.2, -0.15) is 0 Å². The summed E-state index contributed by atoms with van der Waals surface area (Å²) >= 11 is 0. The summed E-state index contributed by atoms with van der Waals surface area (Å²) < 4.78 is 5.51. The van der Waals surface area contributed by atoms with Crippen molar-refractivity contribution in [2.24, 2.45) is 0 Å². The predicted molar refractivity (Wildman–Crippen MR) is 92.8 cm³/mol. The lowest BCUT2D eigenvalue weighted by Gasteiger charge is -2.21. The van der Waals surface area contributed by atoms with Crippen LogP contribution >= 0.6 is 0 Å². The average molecular weight is 311 g/mol. The van der Waals surface area contributed by atoms with Gasteiger partial charge in [-0.15, -0.1) is 0 Å². The molecule has 0 fully saturated rings. The summed E-state index contributed by atoms with van der Waals surface area (Å²) in [7, 11) is 0. The molecular weight excluding hydrogens is 290 g/mol. The Bertz CT molecular complexity index is 839. The normalized spacial score (nSPS) is 17.3. The van der Waals surface area contributed by atoms with Gasteiger partial charge in [0.15, 0.2) is 5.75 Å². The van der Waals surface area contributed by atoms with Crippen molar-refractivity contribution in [2.45, 2.75) is 39.0 Å². The van der Waals surface area contributed by atoms with Crippen molar-refractivity contribution in [1.29, 1.82) is 0 Å². The lowest BCUT2D eigenvalue weighted by Crippen LogP contribution is -2.36. The Hall–Kier alpha value is -2.36. The maximum atomic E-state index is 11.9. The van der Waals surface area contributed by atoms with Crippen LogP contribution in [0.15, 0.2) is 39.6 Å². The highest BCUT2D eigenvalue weighted by Crippen LogP contribution is 2.43. The first kappa shape index (κ1) is 15.5. The second kappa shape index (κ2) is 5.69. The monoisotopic (exact) mass is 311 g/mol. The highest BCUT2D eigenvalue weighted by molar-refractivity contribution is 5.76. The van der Waals surface area contributed by atoms with Crippen molar-refractivity contribution in [1.82, 2.24) is 0 Å². The Labute approximate surface area is 135 Å². The quantitative estimate of drug-likeness (QED) is 0.680. The molecule has 3 rings (SSSR count). The van der Waals surface area contributed by atoms with E-state index in [1.807, 2.05) is 18.2 Å². The van der Waals surface area contributed by atoms with Crippen LogP contribution in [0.4, 0.5) is 5.69 Å². The van der Waals surface area contributed by atoms with Gasteiger partial charge in [-0.05, 0) is 24.1 Å². The number of allylic oxidation sites excluding steroid dienone is 1. The topological polar surface area (TPSA) is 55.4 Å². The fraction of sp³-hybridized carbons (Fsp3) is 0.368. The number of benzene rings is 1. The van der Waals surface area contributed by atoms with Gasteiger partial charge in [0.2, 0.25) is 5.43 Å². The second-order valence-electron chi connectivity index (χ2n) is 6.46. The van der Waals surface area contributed by atoms with E-state index in [4.69, 9.17) is 4.74 Å². The number of nitrogens with one attached hydrogen (secondary N) is 1. The molecule has 0 spiro atoms. The molecule has 0 atom stereocenters. The number of unbranched alkanes of at least 4 members (excludes halogenated alkanes) is 1. The number of para-hydroxylation sites is 1. The molecule has 1 aliphatic rings. The predicted octanol–water partition coefficient (Wildman–Crippen LogP) is 3.21. The van der Waals surface area contributed by atoms with E-state index in [1.54, 1.807) is 6.08 Å². The fourth-order valence-corrected chi connectivity index (χ4v) is 2.93. The third kappa shape index (κ3) is 2.48. The summed E-state index contributed by atoms with van der Waals surface area (Å²) in [6.45, 7) is 6.72. The SMILES string of the molecule is CCCCOc1c(C=C2Nc3ccccc3C2(C)C)c(=O)c1=O. The van der Waals surface area contributed by atoms with Gasteiger partial charge < -0.3 is 10.1 Å². The van der Waals surface area contributed by atoms with Crippen LogP contribution in [0.25, 0.3) is 6.08 Å². The maximum absolute atomic E-state index is 11.9. The average Bonchev–Trinajstić information content (AvgIpc) is 2.80. The standard InChI is InChI=1S/C19H21NO3/c1-4-5-10-23-18-12(16(21)17(18)22)11-15-19(2,3)13-8-6-7-9-14(13)20-15/h6-9,11,20H,4-5,10H2,1-3H3. The molecule has 0 bridgehead atoms. The molecule has 0 aliphatic carbocycles. The van der Waals surface area contributed by atoms with Gasteiger partial charge in [-0.3, -0.25) is 9.59 Å². The Kier molecular flexibility index (Phi) is 3.84. The van der Waals surface area contributed by atoms with Gasteiger partial charge >= 0.3 is 0 Å². The summed E-state index contributed by atoms with van der Waals surface area (Å²) in [5.41, 5.74) is 2.30. The molecule has 120 valence electrons. The van der Waals surface area contributed by atoms with Crippen molar-refractivity contribution >= 4 is 11.8 Å². The second-order valence-corrected chi connectivity index (χ2v) is 6.46. The molecule has 0 aromatic heterocycles. The Morgan fingerprint density at radius 2 is 1.91 bits per heavy atom. The van der Waals surface area contributed by atoms with E-state index >= 15 is 0 Å². The molecule has 0 saturated heterocycles. The Morgan fingerprint density at radius 3 is 2.61 bits per heavy atom. The van der Waals surface area contributed by atoms with Crippen LogP contribution in [0, 0.1) is 0 Å². The lowest BCUT2D eigenvalue weighted by molar-refractivity contribution is 0.302. The summed E-state index contributed by atoms with van der Waals surface area (Å²) in [5.74, 6) is 0.213. The van der Waals surface area contributed by atoms with E-state index in [0.717, 1.165) is 24.2 Å². The first-order chi connectivity index (χ1) is 11.0. The molecule has 4 heteroatoms. The van der Waals surface area contributed by atoms with Crippen LogP contribution in [-0.2, 0) is 5.41 Å². The summed E-state index contributed by atoms with van der Waals surface area (Å²) in [5, 5.41) is 3.35. The highest BCUT2D eigenvalue weighted by Gasteiger charge is 2.35. The number of rotatable bonds is 5. The third-order valence-corrected chi connectivity index (χ3v) is 4.48. The van der Waals surface area contributed by atoms with Gasteiger partial charge in [-0.25, -0.2) is 0 Å². The Morgan fingerprint density at radius 1 is 1.17 bits per heavy atom. The van der Waals surface area contributed by atoms with E-state index in [0.29, 0.717) is 12.2 Å². The van der Waals surface area contributed by atoms with Gasteiger partial charge in [-0.1, -0.05) is 45.4 Å². The molecule has 0 saturated carbocycles. The minimum Gasteiger partial charge on any atom is -0.489 e. The summed E-state index contributed by atoms with van der Waals surface area (Å²) in [6.07, 6.45) is 3.62. The van der Waals surface area contributed by atoms with Crippen molar-refractivity contribution in [3.63, 3.8) is 0 Å². The zero-order chi connectivity index (χ0) is 16.6. The zero-order valence-electron chi connectivity index (χ0n) is 13.7. The molecule has 1 aliphatic heterocycles. The van der Waals surface area contributed by atoms with E-state index < -0.39 is 10.9 Å². The van der Waals surface area contributed by atoms with Gasteiger partial charge in [0.1, 0.15) is 0 Å². The van der Waals surface area contributed by atoms with Gasteiger partial charge in [0, 0.05) is 16.8 Å². The summed E-state index contributed by atoms with van der Waals surface area (Å²) in [6, 6.07) is 8.06. The van der Waals surface area contributed by atoms with Gasteiger partial charge in [0.05, 0.1) is 12.2 Å². The first-order valence-corrected chi connectivity index (χ1v) is 8.01. The van der Waals surface area contributed by atoms with Crippen molar-refractivity contribution in [3.8, 4) is 5.75 Å². The maximum Gasteiger partial charge on any atom is 0.268 e. The fourth-order valence-electron chi connectivity index (χ4n) is 2.93. The molecule has 0 amide bonds. The molecule has 4 nitrogen and oxygen atoms in total. The molecule has 0 unspecified atom stereocenters. The van der Waals surface area contributed by atoms with Crippen molar-refractivity contribution < 1.29 is 4.74 Å². The highest BCUT2D eigenvalue weighted by atomic mass is 16.5. The number of anilines is 1. The number of hydrogen-bond acceptors (Lipinski definition) is 4. The van der Waals surface area contributed by atoms with Crippen molar-refractivity contribution in [2.75, 3.05) is 11.9 Å². The lowest BCUT2D eigenvalue weighted by atomic mass is 9.83. The number of ether oxygens (including phenoxy) is 1. The largest absolute Gasteiger partial charge is 0.489 e. The summed E-state index contributed by atoms with van der Waals surface area (Å²) in [4.78, 5) is 23.7. The number of fused-ring (bicyclic) bond motifs is 1. The van der Waals surface area contributed by atoms with Crippen LogP contribution < -0.4 is 20.9 Å². The molecule has 2 aromatic rings. The number of hydrogen-bond donors (Lipinski definition) is 1. The van der Waals surface area contributed by atoms with Crippen molar-refractivity contribution in [3.05, 3.63) is 61.5 Å². The van der Waals surface area contributed by atoms with Crippen LogP contribution in [0.3, 0.4) is 0 Å². The van der Waals surface area contributed by atoms with Gasteiger partial charge in [0.25, 0.3) is 5.43 Å². The Balaban J connectivity index is 1.94. The van der Waals surface area contributed by atoms with Crippen LogP contribution in [0.1, 0.15) is 44.7 Å². The smallest absolute Gasteiger partial charge is 0.268 e. The molecule has 23 heavy (non-hydrogen) atoms. The van der Waals surface area contributed by atoms with Crippen LogP contribution in [0.5, 0.6) is 5.75 Å². The molecular formula is C19H21NO3. The molecule has 1 heterocycles. The van der Waals surface area contributed by atoms with E-state index in [9.17, 15) is 9.59 Å². The van der Waals surface area contributed by atoms with Crippen LogP contribution in [-0.4, -0.2) is 6.61 Å². The zero-order valence-corrected chi connectivity index (χ0v) is 13.7. The minimum absolute atomic E-state index is 0.213. The van der Waals surface area contributed by atoms with E-state index in [2.05, 4.69) is 32.2 Å². The first-order valence-electron chi connectivity index (χ1n) is 8.01. The molecule has 0 radical (unpaired) electrons. The molecule has 1 N–H and O–H groups in total. The van der Waals surface area contributed by atoms with E-state index in [-0.39, 0.29) is 11.2 Å².